The summed E-state index contributed by atoms with van der Waals surface area (Å²) in [4.78, 5) is 21.4. The van der Waals surface area contributed by atoms with E-state index in [0.29, 0.717) is 28.8 Å². The minimum atomic E-state index is -0.570. The van der Waals surface area contributed by atoms with Gasteiger partial charge in [-0.1, -0.05) is 66.5 Å². The minimum absolute atomic E-state index is 0.0579. The number of carbonyl (C=O) groups excluding carboxylic acids is 1. The zero-order valence-corrected chi connectivity index (χ0v) is 21.4. The van der Waals surface area contributed by atoms with Gasteiger partial charge in [0.15, 0.2) is 0 Å². The second kappa shape index (κ2) is 9.79. The summed E-state index contributed by atoms with van der Waals surface area (Å²) in [5, 5.41) is 1.39. The summed E-state index contributed by atoms with van der Waals surface area (Å²) in [6.07, 6.45) is 7.22. The SMILES string of the molecule is C=CCC1(C)C[C@H](c2cccc(Cl)c2)C(c2ccc(Cl)cc2)N(C(c2ccccn2)C2CC2)C1=O. The van der Waals surface area contributed by atoms with Gasteiger partial charge in [-0.05, 0) is 79.1 Å². The normalized spacial score (nSPS) is 25.3. The number of halogens is 2. The molecule has 1 aliphatic heterocycles. The first kappa shape index (κ1) is 24.1. The van der Waals surface area contributed by atoms with Gasteiger partial charge in [0.2, 0.25) is 5.91 Å². The molecule has 5 heteroatoms. The lowest BCUT2D eigenvalue weighted by atomic mass is 9.67. The number of carbonyl (C=O) groups is 1. The van der Waals surface area contributed by atoms with Crippen molar-refractivity contribution in [2.45, 2.75) is 50.6 Å². The van der Waals surface area contributed by atoms with E-state index in [1.54, 1.807) is 0 Å². The number of pyridine rings is 1. The van der Waals surface area contributed by atoms with Crippen molar-refractivity contribution >= 4 is 29.1 Å². The Balaban J connectivity index is 1.72. The molecule has 2 aromatic carbocycles. The van der Waals surface area contributed by atoms with E-state index in [0.717, 1.165) is 29.7 Å². The molecular weight excluding hydrogens is 475 g/mol. The Bertz CT molecular complexity index is 1210. The fourth-order valence-electron chi connectivity index (χ4n) is 5.77. The highest BCUT2D eigenvalue weighted by atomic mass is 35.5. The van der Waals surface area contributed by atoms with Crippen LogP contribution >= 0.6 is 23.2 Å². The molecule has 2 fully saturated rings. The van der Waals surface area contributed by atoms with E-state index in [-0.39, 0.29) is 23.9 Å². The van der Waals surface area contributed by atoms with Crippen LogP contribution in [0.25, 0.3) is 0 Å². The molecule has 3 nitrogen and oxygen atoms in total. The average molecular weight is 505 g/mol. The van der Waals surface area contributed by atoms with Crippen LogP contribution in [0.4, 0.5) is 0 Å². The van der Waals surface area contributed by atoms with Gasteiger partial charge < -0.3 is 4.90 Å². The number of allylic oxidation sites excluding steroid dienone is 1. The molecule has 1 aliphatic carbocycles. The molecule has 1 saturated heterocycles. The number of likely N-dealkylation sites (tertiary alicyclic amines) is 1. The zero-order valence-electron chi connectivity index (χ0n) is 19.9. The van der Waals surface area contributed by atoms with Gasteiger partial charge in [0.05, 0.1) is 23.2 Å². The van der Waals surface area contributed by atoms with Crippen LogP contribution in [0.15, 0.2) is 85.6 Å². The predicted molar refractivity (Wildman–Crippen MR) is 142 cm³/mol. The molecule has 2 heterocycles. The molecule has 0 radical (unpaired) electrons. The van der Waals surface area contributed by atoms with Crippen molar-refractivity contribution in [2.24, 2.45) is 11.3 Å². The van der Waals surface area contributed by atoms with Crippen LogP contribution in [0.1, 0.15) is 67.4 Å². The molecule has 1 amide bonds. The summed E-state index contributed by atoms with van der Waals surface area (Å²) >= 11 is 12.7. The fourth-order valence-corrected chi connectivity index (χ4v) is 6.09. The van der Waals surface area contributed by atoms with E-state index in [1.807, 2.05) is 54.7 Å². The van der Waals surface area contributed by atoms with E-state index in [9.17, 15) is 4.79 Å². The molecule has 35 heavy (non-hydrogen) atoms. The van der Waals surface area contributed by atoms with Crippen LogP contribution in [0, 0.1) is 11.3 Å². The largest absolute Gasteiger partial charge is 0.326 e. The first-order valence-corrected chi connectivity index (χ1v) is 13.0. The van der Waals surface area contributed by atoms with Crippen LogP contribution in [0.3, 0.4) is 0 Å². The third-order valence-corrected chi connectivity index (χ3v) is 8.03. The number of amides is 1. The monoisotopic (exact) mass is 504 g/mol. The van der Waals surface area contributed by atoms with Gasteiger partial charge >= 0.3 is 0 Å². The molecule has 5 rings (SSSR count). The van der Waals surface area contributed by atoms with Crippen molar-refractivity contribution in [3.63, 3.8) is 0 Å². The molecule has 0 spiro atoms. The van der Waals surface area contributed by atoms with Gasteiger partial charge in [0.25, 0.3) is 0 Å². The Labute approximate surface area is 217 Å². The maximum atomic E-state index is 14.5. The third kappa shape index (κ3) is 4.77. The number of hydrogen-bond donors (Lipinski definition) is 0. The molecule has 0 N–H and O–H groups in total. The number of piperidine rings is 1. The lowest BCUT2D eigenvalue weighted by molar-refractivity contribution is -0.155. The van der Waals surface area contributed by atoms with Crippen LogP contribution in [-0.2, 0) is 4.79 Å². The summed E-state index contributed by atoms with van der Waals surface area (Å²) in [5.74, 6) is 0.621. The standard InChI is InChI=1S/C30H30Cl2N2O/c1-3-16-30(2)19-25(22-7-6-8-24(32)18-22)27(20-12-14-23(31)15-13-20)34(29(30)35)28(21-10-11-21)26-9-4-5-17-33-26/h3-9,12-15,17-18,21,25,27-28H,1,10-11,16,19H2,2H3/t25-,27?,28?,30?/m1/s1. The van der Waals surface area contributed by atoms with Crippen LogP contribution in [0.5, 0.6) is 0 Å². The van der Waals surface area contributed by atoms with Crippen molar-refractivity contribution in [2.75, 3.05) is 0 Å². The number of hydrogen-bond acceptors (Lipinski definition) is 2. The van der Waals surface area contributed by atoms with Gasteiger partial charge in [0.1, 0.15) is 0 Å². The van der Waals surface area contributed by atoms with Crippen molar-refractivity contribution < 1.29 is 4.79 Å². The minimum Gasteiger partial charge on any atom is -0.326 e. The van der Waals surface area contributed by atoms with Gasteiger partial charge in [0, 0.05) is 22.2 Å². The van der Waals surface area contributed by atoms with Crippen LogP contribution in [-0.4, -0.2) is 15.8 Å². The Morgan fingerprint density at radius 1 is 1.06 bits per heavy atom. The number of rotatable bonds is 7. The highest BCUT2D eigenvalue weighted by Gasteiger charge is 2.54. The summed E-state index contributed by atoms with van der Waals surface area (Å²) in [6.45, 7) is 6.08. The van der Waals surface area contributed by atoms with E-state index in [2.05, 4.69) is 42.7 Å². The Morgan fingerprint density at radius 2 is 1.83 bits per heavy atom. The first-order valence-electron chi connectivity index (χ1n) is 12.3. The Morgan fingerprint density at radius 3 is 2.46 bits per heavy atom. The van der Waals surface area contributed by atoms with Crippen molar-refractivity contribution in [1.82, 2.24) is 9.88 Å². The third-order valence-electron chi connectivity index (χ3n) is 7.54. The van der Waals surface area contributed by atoms with Gasteiger partial charge in [-0.15, -0.1) is 6.58 Å². The first-order chi connectivity index (χ1) is 16.9. The van der Waals surface area contributed by atoms with Gasteiger partial charge in [-0.3, -0.25) is 9.78 Å². The molecule has 0 bridgehead atoms. The topological polar surface area (TPSA) is 33.2 Å². The average Bonchev–Trinajstić information content (AvgIpc) is 3.69. The van der Waals surface area contributed by atoms with Crippen LogP contribution < -0.4 is 0 Å². The quantitative estimate of drug-likeness (QED) is 0.304. The lowest BCUT2D eigenvalue weighted by Crippen LogP contribution is -2.53. The smallest absolute Gasteiger partial charge is 0.229 e. The summed E-state index contributed by atoms with van der Waals surface area (Å²) in [5.41, 5.74) is 2.60. The van der Waals surface area contributed by atoms with Gasteiger partial charge in [-0.2, -0.15) is 0 Å². The highest BCUT2D eigenvalue weighted by Crippen LogP contribution is 2.57. The molecule has 180 valence electrons. The fraction of sp³-hybridized carbons (Fsp3) is 0.333. The second-order valence-electron chi connectivity index (χ2n) is 10.2. The highest BCUT2D eigenvalue weighted by molar-refractivity contribution is 6.30. The lowest BCUT2D eigenvalue weighted by Gasteiger charge is -2.52. The molecule has 3 aromatic rings. The van der Waals surface area contributed by atoms with Gasteiger partial charge in [-0.25, -0.2) is 0 Å². The molecular formula is C30H30Cl2N2O. The van der Waals surface area contributed by atoms with E-state index in [4.69, 9.17) is 28.2 Å². The predicted octanol–water partition coefficient (Wildman–Crippen LogP) is 8.18. The van der Waals surface area contributed by atoms with E-state index in [1.165, 1.54) is 0 Å². The summed E-state index contributed by atoms with van der Waals surface area (Å²) < 4.78 is 0. The van der Waals surface area contributed by atoms with E-state index < -0.39 is 5.41 Å². The van der Waals surface area contributed by atoms with E-state index >= 15 is 0 Å². The maximum Gasteiger partial charge on any atom is 0.229 e. The van der Waals surface area contributed by atoms with Crippen molar-refractivity contribution in [3.8, 4) is 0 Å². The number of nitrogens with zero attached hydrogens (tertiary/aromatic N) is 2. The Kier molecular flexibility index (Phi) is 6.74. The van der Waals surface area contributed by atoms with Crippen LogP contribution in [0.2, 0.25) is 10.0 Å². The molecule has 1 saturated carbocycles. The molecule has 4 atom stereocenters. The number of benzene rings is 2. The second-order valence-corrected chi connectivity index (χ2v) is 11.0. The molecule has 3 unspecified atom stereocenters. The van der Waals surface area contributed by atoms with Crippen molar-refractivity contribution in [3.05, 3.63) is 112 Å². The summed E-state index contributed by atoms with van der Waals surface area (Å²) in [6, 6.07) is 21.8. The molecule has 1 aromatic heterocycles. The van der Waals surface area contributed by atoms with Crippen molar-refractivity contribution in [1.29, 1.82) is 0 Å². The maximum absolute atomic E-state index is 14.5. The number of aromatic nitrogens is 1. The zero-order chi connectivity index (χ0) is 24.6. The summed E-state index contributed by atoms with van der Waals surface area (Å²) in [7, 11) is 0. The molecule has 2 aliphatic rings. The Hall–Kier alpha value is -2.62.